The molecule has 1 fully saturated rings. The Bertz CT molecular complexity index is 754. The van der Waals surface area contributed by atoms with Crippen molar-refractivity contribution in [2.75, 3.05) is 6.61 Å². The second-order valence-electron chi connectivity index (χ2n) is 5.21. The van der Waals surface area contributed by atoms with Crippen molar-refractivity contribution in [1.82, 2.24) is 5.32 Å². The fourth-order valence-electron chi connectivity index (χ4n) is 2.56. The van der Waals surface area contributed by atoms with Crippen molar-refractivity contribution >= 4 is 11.9 Å². The number of cyclic esters (lactones) is 1. The third-order valence-corrected chi connectivity index (χ3v) is 3.73. The highest BCUT2D eigenvalue weighted by atomic mass is 16.5. The lowest BCUT2D eigenvalue weighted by molar-refractivity contribution is -0.135. The Hall–Kier alpha value is -3.08. The molecule has 1 atom stereocenters. The number of esters is 1. The molecule has 2 aromatic rings. The molecule has 5 heteroatoms. The maximum absolute atomic E-state index is 12.2. The molecule has 3 rings (SSSR count). The summed E-state index contributed by atoms with van der Waals surface area (Å²) >= 11 is 0. The topological polar surface area (TPSA) is 81.4 Å². The van der Waals surface area contributed by atoms with E-state index >= 15 is 0 Å². The number of nitrogens with one attached hydrogen (secondary N) is 1. The van der Waals surface area contributed by atoms with E-state index in [1.54, 1.807) is 24.3 Å². The number of ether oxygens (including phenoxy) is 1. The molecule has 1 unspecified atom stereocenters. The molecule has 1 saturated heterocycles. The van der Waals surface area contributed by atoms with Gasteiger partial charge in [0, 0.05) is 5.56 Å². The normalized spacial score (nSPS) is 19.1. The lowest BCUT2D eigenvalue weighted by atomic mass is 9.93. The monoisotopic (exact) mass is 308 g/mol. The molecule has 23 heavy (non-hydrogen) atoms. The summed E-state index contributed by atoms with van der Waals surface area (Å²) in [6, 6.07) is 18.2. The molecule has 5 nitrogen and oxygen atoms in total. The first-order chi connectivity index (χ1) is 11.2. The Morgan fingerprint density at radius 1 is 1.04 bits per heavy atom. The van der Waals surface area contributed by atoms with Gasteiger partial charge in [-0.25, -0.2) is 4.79 Å². The molecule has 0 spiro atoms. The largest absolute Gasteiger partial charge is 0.461 e. The van der Waals surface area contributed by atoms with E-state index < -0.39 is 5.97 Å². The number of benzene rings is 2. The predicted octanol–water partition coefficient (Wildman–Crippen LogP) is 1.93. The Labute approximate surface area is 133 Å². The number of nitrogens with two attached hydrogens (primary N) is 1. The minimum Gasteiger partial charge on any atom is -0.461 e. The predicted molar refractivity (Wildman–Crippen MR) is 85.3 cm³/mol. The quantitative estimate of drug-likeness (QED) is 0.670. The van der Waals surface area contributed by atoms with E-state index in [1.165, 1.54) is 0 Å². The van der Waals surface area contributed by atoms with Crippen molar-refractivity contribution in [2.45, 2.75) is 5.92 Å². The van der Waals surface area contributed by atoms with E-state index in [9.17, 15) is 9.59 Å². The second kappa shape index (κ2) is 6.36. The molecular formula is C18H16N2O3. The first kappa shape index (κ1) is 14.8. The van der Waals surface area contributed by atoms with Crippen LogP contribution in [0, 0.1) is 0 Å². The van der Waals surface area contributed by atoms with Gasteiger partial charge in [-0.3, -0.25) is 4.79 Å². The third-order valence-electron chi connectivity index (χ3n) is 3.73. The summed E-state index contributed by atoms with van der Waals surface area (Å²) in [5.41, 5.74) is 7.67. The zero-order valence-corrected chi connectivity index (χ0v) is 12.4. The highest BCUT2D eigenvalue weighted by Gasteiger charge is 2.34. The molecule has 0 radical (unpaired) electrons. The summed E-state index contributed by atoms with van der Waals surface area (Å²) in [6.45, 7) is 0.222. The lowest BCUT2D eigenvalue weighted by Crippen LogP contribution is -2.30. The minimum atomic E-state index is -0.496. The van der Waals surface area contributed by atoms with Crippen molar-refractivity contribution in [3.05, 3.63) is 83.2 Å². The molecule has 2 aromatic carbocycles. The van der Waals surface area contributed by atoms with Crippen LogP contribution >= 0.6 is 0 Å². The minimum absolute atomic E-state index is 0.0372. The lowest BCUT2D eigenvalue weighted by Gasteiger charge is -2.12. The summed E-state index contributed by atoms with van der Waals surface area (Å²) < 4.78 is 5.11. The first-order valence-electron chi connectivity index (χ1n) is 7.25. The van der Waals surface area contributed by atoms with Gasteiger partial charge in [-0.2, -0.15) is 0 Å². The van der Waals surface area contributed by atoms with Gasteiger partial charge in [-0.15, -0.1) is 0 Å². The summed E-state index contributed by atoms with van der Waals surface area (Å²) in [7, 11) is 0. The van der Waals surface area contributed by atoms with Gasteiger partial charge in [0.25, 0.3) is 5.91 Å². The number of hydrogen-bond donors (Lipinski definition) is 2. The zero-order chi connectivity index (χ0) is 16.2. The van der Waals surface area contributed by atoms with Crippen molar-refractivity contribution in [3.8, 4) is 0 Å². The van der Waals surface area contributed by atoms with Crippen LogP contribution < -0.4 is 11.1 Å². The Morgan fingerprint density at radius 3 is 2.30 bits per heavy atom. The van der Waals surface area contributed by atoms with Crippen LogP contribution in [0.5, 0.6) is 0 Å². The van der Waals surface area contributed by atoms with Crippen molar-refractivity contribution in [2.24, 2.45) is 5.73 Å². The van der Waals surface area contributed by atoms with Gasteiger partial charge in [-0.05, 0) is 17.7 Å². The van der Waals surface area contributed by atoms with Crippen molar-refractivity contribution in [3.63, 3.8) is 0 Å². The van der Waals surface area contributed by atoms with Gasteiger partial charge in [-0.1, -0.05) is 48.5 Å². The van der Waals surface area contributed by atoms with E-state index in [2.05, 4.69) is 5.32 Å². The van der Waals surface area contributed by atoms with Gasteiger partial charge in [0.1, 0.15) is 12.4 Å². The molecule has 1 amide bonds. The van der Waals surface area contributed by atoms with Crippen LogP contribution in [0.2, 0.25) is 0 Å². The number of carbonyl (C=O) groups is 2. The fraction of sp³-hybridized carbons (Fsp3) is 0.111. The Morgan fingerprint density at radius 2 is 1.65 bits per heavy atom. The highest BCUT2D eigenvalue weighted by Crippen LogP contribution is 2.31. The van der Waals surface area contributed by atoms with E-state index in [0.29, 0.717) is 11.1 Å². The van der Waals surface area contributed by atoms with E-state index in [4.69, 9.17) is 10.5 Å². The van der Waals surface area contributed by atoms with E-state index in [-0.39, 0.29) is 24.3 Å². The van der Waals surface area contributed by atoms with Crippen LogP contribution in [0.25, 0.3) is 0 Å². The molecule has 0 aromatic heterocycles. The zero-order valence-electron chi connectivity index (χ0n) is 12.4. The van der Waals surface area contributed by atoms with Crippen LogP contribution in [0.4, 0.5) is 0 Å². The fourth-order valence-corrected chi connectivity index (χ4v) is 2.56. The number of hydrogen-bond acceptors (Lipinski definition) is 4. The maximum atomic E-state index is 12.2. The van der Waals surface area contributed by atoms with Gasteiger partial charge in [0.15, 0.2) is 0 Å². The second-order valence-corrected chi connectivity index (χ2v) is 5.21. The van der Waals surface area contributed by atoms with Gasteiger partial charge in [0.2, 0.25) is 0 Å². The smallest absolute Gasteiger partial charge is 0.338 e. The molecule has 3 N–H and O–H groups in total. The maximum Gasteiger partial charge on any atom is 0.338 e. The van der Waals surface area contributed by atoms with Gasteiger partial charge >= 0.3 is 5.97 Å². The Kier molecular flexibility index (Phi) is 4.10. The van der Waals surface area contributed by atoms with Gasteiger partial charge < -0.3 is 15.8 Å². The van der Waals surface area contributed by atoms with Crippen molar-refractivity contribution < 1.29 is 14.3 Å². The summed E-state index contributed by atoms with van der Waals surface area (Å²) in [5.74, 6) is -1.10. The number of carbonyl (C=O) groups excluding carboxylic acids is 2. The summed E-state index contributed by atoms with van der Waals surface area (Å²) in [4.78, 5) is 24.2. The molecule has 116 valence electrons. The molecular weight excluding hydrogens is 292 g/mol. The Balaban J connectivity index is 1.88. The average Bonchev–Trinajstić information content (AvgIpc) is 2.98. The van der Waals surface area contributed by atoms with E-state index in [0.717, 1.165) is 5.56 Å². The average molecular weight is 308 g/mol. The number of rotatable bonds is 3. The number of amides is 1. The molecule has 1 aliphatic heterocycles. The molecule has 0 saturated carbocycles. The molecule has 0 bridgehead atoms. The van der Waals surface area contributed by atoms with E-state index in [1.807, 2.05) is 36.4 Å². The van der Waals surface area contributed by atoms with Crippen molar-refractivity contribution in [1.29, 1.82) is 0 Å². The summed E-state index contributed by atoms with van der Waals surface area (Å²) in [6.07, 6.45) is 0. The highest BCUT2D eigenvalue weighted by molar-refractivity contribution is 5.98. The third kappa shape index (κ3) is 3.08. The molecule has 1 aliphatic rings. The first-order valence-corrected chi connectivity index (χ1v) is 7.25. The van der Waals surface area contributed by atoms with Crippen LogP contribution in [0.15, 0.2) is 72.1 Å². The van der Waals surface area contributed by atoms with Crippen LogP contribution in [0.3, 0.4) is 0 Å². The molecule has 1 heterocycles. The summed E-state index contributed by atoms with van der Waals surface area (Å²) in [5, 5.41) is 2.59. The van der Waals surface area contributed by atoms with Crippen LogP contribution in [-0.2, 0) is 9.53 Å². The molecule has 0 aliphatic carbocycles. The van der Waals surface area contributed by atoms with Gasteiger partial charge in [0.05, 0.1) is 11.5 Å². The van der Waals surface area contributed by atoms with Crippen LogP contribution in [-0.4, -0.2) is 18.5 Å². The van der Waals surface area contributed by atoms with Crippen LogP contribution in [0.1, 0.15) is 21.8 Å². The standard InChI is InChI=1S/C18H16N2O3/c19-16(20-17(21)13-9-5-2-6-10-13)15-14(11-23-18(15)22)12-7-3-1-4-8-12/h1-10,14H,11,19H2,(H,20,21). The SMILES string of the molecule is NC(NC(=O)c1ccccc1)=C1C(=O)OCC1c1ccccc1.